The molecule has 0 radical (unpaired) electrons. The third kappa shape index (κ3) is 3.00. The van der Waals surface area contributed by atoms with Gasteiger partial charge in [-0.05, 0) is 31.5 Å². The number of nitrogens with one attached hydrogen (secondary N) is 1. The van der Waals surface area contributed by atoms with Crippen LogP contribution in [0, 0.1) is 13.8 Å². The van der Waals surface area contributed by atoms with Crippen LogP contribution in [-0.4, -0.2) is 48.8 Å². The van der Waals surface area contributed by atoms with E-state index in [2.05, 4.69) is 15.2 Å². The minimum Gasteiger partial charge on any atom is -0.465 e. The van der Waals surface area contributed by atoms with Gasteiger partial charge in [0.1, 0.15) is 0 Å². The standard InChI is InChI=1S/C20H19N5O4S/c1-10-15(18(28)29-4)11(2)21-16(10)14(26)9-30-20-23-22-19-24(3)17(27)12-7-5-6-8-13(12)25(19)20/h5-8,21H,9H2,1-4H3. The highest BCUT2D eigenvalue weighted by molar-refractivity contribution is 7.99. The Labute approximate surface area is 175 Å². The van der Waals surface area contributed by atoms with E-state index in [9.17, 15) is 14.4 Å². The van der Waals surface area contributed by atoms with Crippen molar-refractivity contribution in [2.24, 2.45) is 7.05 Å². The SMILES string of the molecule is COC(=O)c1c(C)[nH]c(C(=O)CSc2nnc3n(C)c(=O)c4ccccc4n23)c1C. The molecule has 0 aliphatic heterocycles. The normalized spacial score (nSPS) is 11.3. The van der Waals surface area contributed by atoms with Crippen molar-refractivity contribution < 1.29 is 14.3 Å². The van der Waals surface area contributed by atoms with Crippen LogP contribution in [0.5, 0.6) is 0 Å². The molecule has 0 unspecified atom stereocenters. The molecule has 4 rings (SSSR count). The van der Waals surface area contributed by atoms with Gasteiger partial charge in [0.15, 0.2) is 10.9 Å². The van der Waals surface area contributed by atoms with Gasteiger partial charge in [0.25, 0.3) is 5.56 Å². The van der Waals surface area contributed by atoms with Gasteiger partial charge >= 0.3 is 5.97 Å². The smallest absolute Gasteiger partial charge is 0.339 e. The summed E-state index contributed by atoms with van der Waals surface area (Å²) in [4.78, 5) is 40.3. The number of aryl methyl sites for hydroxylation is 2. The van der Waals surface area contributed by atoms with Crippen LogP contribution in [0.25, 0.3) is 16.7 Å². The van der Waals surface area contributed by atoms with E-state index >= 15 is 0 Å². The summed E-state index contributed by atoms with van der Waals surface area (Å²) in [7, 11) is 2.94. The molecule has 0 fully saturated rings. The number of carbonyl (C=O) groups excluding carboxylic acids is 2. The highest BCUT2D eigenvalue weighted by atomic mass is 32.2. The first kappa shape index (κ1) is 19.9. The topological polar surface area (TPSA) is 111 Å². The Morgan fingerprint density at radius 1 is 1.20 bits per heavy atom. The predicted octanol–water partition coefficient (Wildman–Crippen LogP) is 2.29. The first-order valence-electron chi connectivity index (χ1n) is 9.11. The monoisotopic (exact) mass is 425 g/mol. The fraction of sp³-hybridized carbons (Fsp3) is 0.250. The Bertz CT molecular complexity index is 1380. The Kier molecular flexibility index (Phi) is 4.94. The van der Waals surface area contributed by atoms with E-state index in [4.69, 9.17) is 4.74 Å². The highest BCUT2D eigenvalue weighted by Crippen LogP contribution is 2.24. The minimum absolute atomic E-state index is 0.0827. The van der Waals surface area contributed by atoms with Gasteiger partial charge in [-0.2, -0.15) is 0 Å². The number of thioether (sulfide) groups is 1. The maximum absolute atomic E-state index is 12.8. The Morgan fingerprint density at radius 2 is 1.93 bits per heavy atom. The molecule has 0 aliphatic carbocycles. The molecule has 1 aromatic carbocycles. The van der Waals surface area contributed by atoms with Crippen LogP contribution in [0.15, 0.2) is 34.2 Å². The van der Waals surface area contributed by atoms with Gasteiger partial charge in [-0.15, -0.1) is 10.2 Å². The number of ketones is 1. The predicted molar refractivity (Wildman–Crippen MR) is 112 cm³/mol. The number of aromatic amines is 1. The number of nitrogens with zero attached hydrogens (tertiary/aromatic N) is 4. The second-order valence-corrected chi connectivity index (χ2v) is 7.77. The lowest BCUT2D eigenvalue weighted by molar-refractivity contribution is 0.0599. The van der Waals surface area contributed by atoms with Crippen molar-refractivity contribution in [3.05, 3.63) is 57.1 Å². The lowest BCUT2D eigenvalue weighted by Crippen LogP contribution is -2.20. The lowest BCUT2D eigenvalue weighted by Gasteiger charge is -2.07. The van der Waals surface area contributed by atoms with E-state index < -0.39 is 5.97 Å². The van der Waals surface area contributed by atoms with Crippen LogP contribution in [0.2, 0.25) is 0 Å². The van der Waals surface area contributed by atoms with Gasteiger partial charge < -0.3 is 9.72 Å². The maximum Gasteiger partial charge on any atom is 0.339 e. The second-order valence-electron chi connectivity index (χ2n) is 6.83. The molecule has 154 valence electrons. The summed E-state index contributed by atoms with van der Waals surface area (Å²) in [5.41, 5.74) is 2.40. The van der Waals surface area contributed by atoms with Crippen molar-refractivity contribution >= 4 is 40.2 Å². The quantitative estimate of drug-likeness (QED) is 0.297. The summed E-state index contributed by atoms with van der Waals surface area (Å²) in [6, 6.07) is 7.20. The van der Waals surface area contributed by atoms with Gasteiger partial charge in [-0.3, -0.25) is 18.6 Å². The van der Waals surface area contributed by atoms with Crippen molar-refractivity contribution in [3.8, 4) is 0 Å². The maximum atomic E-state index is 12.8. The Hall–Kier alpha value is -3.40. The number of H-pyrrole nitrogens is 1. The molecule has 1 N–H and O–H groups in total. The van der Waals surface area contributed by atoms with Crippen molar-refractivity contribution in [3.63, 3.8) is 0 Å². The summed E-state index contributed by atoms with van der Waals surface area (Å²) in [6.07, 6.45) is 0. The summed E-state index contributed by atoms with van der Waals surface area (Å²) in [5, 5.41) is 9.34. The van der Waals surface area contributed by atoms with Gasteiger partial charge in [0, 0.05) is 12.7 Å². The second kappa shape index (κ2) is 7.45. The zero-order valence-corrected chi connectivity index (χ0v) is 17.7. The lowest BCUT2D eigenvalue weighted by atomic mass is 10.1. The molecule has 0 aliphatic rings. The van der Waals surface area contributed by atoms with E-state index in [0.717, 1.165) is 0 Å². The van der Waals surface area contributed by atoms with Crippen LogP contribution < -0.4 is 5.56 Å². The number of aromatic nitrogens is 5. The minimum atomic E-state index is -0.483. The summed E-state index contributed by atoms with van der Waals surface area (Å²) >= 11 is 1.22. The molecule has 3 heterocycles. The van der Waals surface area contributed by atoms with Crippen LogP contribution >= 0.6 is 11.8 Å². The number of carbonyl (C=O) groups is 2. The molecule has 10 heteroatoms. The largest absolute Gasteiger partial charge is 0.465 e. The van der Waals surface area contributed by atoms with E-state index in [0.29, 0.717) is 44.4 Å². The van der Waals surface area contributed by atoms with E-state index in [1.807, 2.05) is 12.1 Å². The van der Waals surface area contributed by atoms with Crippen LogP contribution in [-0.2, 0) is 11.8 Å². The number of para-hydroxylation sites is 1. The van der Waals surface area contributed by atoms with Crippen LogP contribution in [0.4, 0.5) is 0 Å². The number of ether oxygens (including phenoxy) is 1. The zero-order chi connectivity index (χ0) is 21.6. The molecular formula is C20H19N5O4S. The van der Waals surface area contributed by atoms with Crippen molar-refractivity contribution in [1.29, 1.82) is 0 Å². The summed E-state index contributed by atoms with van der Waals surface area (Å²) in [6.45, 7) is 3.44. The molecule has 30 heavy (non-hydrogen) atoms. The number of rotatable bonds is 5. The van der Waals surface area contributed by atoms with Crippen molar-refractivity contribution in [1.82, 2.24) is 24.1 Å². The molecule has 0 spiro atoms. The average molecular weight is 425 g/mol. The Morgan fingerprint density at radius 3 is 2.67 bits per heavy atom. The molecule has 0 saturated carbocycles. The Balaban J connectivity index is 1.69. The van der Waals surface area contributed by atoms with E-state index in [-0.39, 0.29) is 17.1 Å². The summed E-state index contributed by atoms with van der Waals surface area (Å²) in [5.74, 6) is -0.182. The van der Waals surface area contributed by atoms with Crippen molar-refractivity contribution in [2.45, 2.75) is 19.0 Å². The molecule has 3 aromatic heterocycles. The van der Waals surface area contributed by atoms with Crippen molar-refractivity contribution in [2.75, 3.05) is 12.9 Å². The number of hydrogen-bond donors (Lipinski definition) is 1. The summed E-state index contributed by atoms with van der Waals surface area (Å²) < 4.78 is 7.99. The molecule has 0 amide bonds. The molecule has 0 bridgehead atoms. The number of methoxy groups -OCH3 is 1. The fourth-order valence-electron chi connectivity index (χ4n) is 3.54. The first-order chi connectivity index (χ1) is 14.3. The van der Waals surface area contributed by atoms with Gasteiger partial charge in [-0.1, -0.05) is 23.9 Å². The number of Topliss-reactive ketones (excluding diaryl/α,β-unsaturated/α-hetero) is 1. The molecule has 0 saturated heterocycles. The third-order valence-electron chi connectivity index (χ3n) is 5.03. The molecule has 0 atom stereocenters. The third-order valence-corrected chi connectivity index (χ3v) is 5.96. The van der Waals surface area contributed by atoms with Crippen LogP contribution in [0.1, 0.15) is 32.1 Å². The highest BCUT2D eigenvalue weighted by Gasteiger charge is 2.23. The van der Waals surface area contributed by atoms with Gasteiger partial charge in [0.05, 0.1) is 35.0 Å². The number of fused-ring (bicyclic) bond motifs is 3. The first-order valence-corrected chi connectivity index (χ1v) is 10.1. The van der Waals surface area contributed by atoms with E-state index in [1.165, 1.54) is 23.4 Å². The van der Waals surface area contributed by atoms with Gasteiger partial charge in [-0.25, -0.2) is 4.79 Å². The van der Waals surface area contributed by atoms with E-state index in [1.54, 1.807) is 37.4 Å². The molecule has 4 aromatic rings. The number of benzene rings is 1. The number of hydrogen-bond acceptors (Lipinski definition) is 7. The average Bonchev–Trinajstić information content (AvgIpc) is 3.30. The van der Waals surface area contributed by atoms with Gasteiger partial charge in [0.2, 0.25) is 5.78 Å². The van der Waals surface area contributed by atoms with Crippen LogP contribution in [0.3, 0.4) is 0 Å². The molecular weight excluding hydrogens is 406 g/mol. The molecule has 9 nitrogen and oxygen atoms in total. The zero-order valence-electron chi connectivity index (χ0n) is 16.8. The number of esters is 1. The fourth-order valence-corrected chi connectivity index (χ4v) is 4.36.